The zero-order valence-corrected chi connectivity index (χ0v) is 22.5. The molecule has 2 unspecified atom stereocenters. The van der Waals surface area contributed by atoms with Crippen molar-refractivity contribution in [2.75, 3.05) is 13.5 Å². The van der Waals surface area contributed by atoms with Crippen LogP contribution in [0.2, 0.25) is 5.02 Å². The minimum atomic E-state index is -3.78. The van der Waals surface area contributed by atoms with Crippen molar-refractivity contribution in [1.82, 2.24) is 5.32 Å². The minimum absolute atomic E-state index is 0.183. The summed E-state index contributed by atoms with van der Waals surface area (Å²) >= 11 is 7.50. The van der Waals surface area contributed by atoms with Gasteiger partial charge in [0.15, 0.2) is 6.79 Å². The Hall–Kier alpha value is -2.58. The first kappa shape index (κ1) is 28.0. The zero-order chi connectivity index (χ0) is 26.7. The molecule has 2 atom stereocenters. The van der Waals surface area contributed by atoms with Gasteiger partial charge in [-0.25, -0.2) is 8.78 Å². The highest BCUT2D eigenvalue weighted by molar-refractivity contribution is 7.59. The van der Waals surface area contributed by atoms with E-state index in [1.807, 2.05) is 0 Å². The first-order chi connectivity index (χ1) is 16.8. The van der Waals surface area contributed by atoms with Crippen molar-refractivity contribution >= 4 is 58.3 Å². The molecule has 0 saturated carbocycles. The number of carbonyl (C=O) groups excluding carboxylic acids is 2. The van der Waals surface area contributed by atoms with Gasteiger partial charge in [0.2, 0.25) is 13.3 Å². The Labute approximate surface area is 216 Å². The highest BCUT2D eigenvalue weighted by Gasteiger charge is 2.39. The average molecular weight is 556 g/mol. The number of thiophene rings is 1. The summed E-state index contributed by atoms with van der Waals surface area (Å²) in [6.07, 6.45) is 2.50. The maximum absolute atomic E-state index is 13.7. The van der Waals surface area contributed by atoms with Gasteiger partial charge in [0.1, 0.15) is 17.3 Å². The van der Waals surface area contributed by atoms with Crippen LogP contribution in [0.1, 0.15) is 37.6 Å². The normalized spacial score (nSPS) is 14.5. The van der Waals surface area contributed by atoms with E-state index in [-0.39, 0.29) is 5.56 Å². The Balaban J connectivity index is 1.90. The molecule has 36 heavy (non-hydrogen) atoms. The van der Waals surface area contributed by atoms with Crippen molar-refractivity contribution in [1.29, 1.82) is 0 Å². The van der Waals surface area contributed by atoms with Crippen molar-refractivity contribution in [2.45, 2.75) is 26.4 Å². The Morgan fingerprint density at radius 3 is 2.47 bits per heavy atom. The number of halogens is 3. The summed E-state index contributed by atoms with van der Waals surface area (Å²) in [7, 11) is -3.78. The maximum atomic E-state index is 13.7. The highest BCUT2D eigenvalue weighted by atomic mass is 35.5. The Morgan fingerprint density at radius 2 is 1.83 bits per heavy atom. The standard InChI is InChI=1S/C25H25ClF2NO5PS/c1-25(2,3)24(31)33-14-34-35(4,32)22(20-13-36-21-6-5-16(26)11-19(20)21)23(30)29-8-7-15-9-17(27)12-18(28)10-15/h5-13,22H,14H2,1-4H3,(H,29,30). The van der Waals surface area contributed by atoms with Crippen LogP contribution in [0.3, 0.4) is 0 Å². The van der Waals surface area contributed by atoms with Crippen LogP contribution in [0.4, 0.5) is 8.78 Å². The second-order valence-corrected chi connectivity index (χ2v) is 13.1. The van der Waals surface area contributed by atoms with Gasteiger partial charge in [0.05, 0.1) is 5.41 Å². The Bertz CT molecular complexity index is 1350. The van der Waals surface area contributed by atoms with E-state index in [1.54, 1.807) is 44.4 Å². The number of amides is 1. The lowest BCUT2D eigenvalue weighted by Gasteiger charge is -2.24. The summed E-state index contributed by atoms with van der Waals surface area (Å²) in [5, 5.41) is 5.26. The Kier molecular flexibility index (Phi) is 8.72. The summed E-state index contributed by atoms with van der Waals surface area (Å²) in [5.41, 5.74) is -1.47. The number of nitrogens with one attached hydrogen (secondary N) is 1. The number of benzene rings is 2. The van der Waals surface area contributed by atoms with Gasteiger partial charge in [-0.15, -0.1) is 11.3 Å². The first-order valence-corrected chi connectivity index (χ1v) is 14.2. The monoisotopic (exact) mass is 555 g/mol. The molecule has 1 heterocycles. The van der Waals surface area contributed by atoms with Crippen LogP contribution in [-0.4, -0.2) is 25.3 Å². The largest absolute Gasteiger partial charge is 0.438 e. The van der Waals surface area contributed by atoms with E-state index in [1.165, 1.54) is 30.3 Å². The van der Waals surface area contributed by atoms with Crippen LogP contribution >= 0.6 is 30.3 Å². The van der Waals surface area contributed by atoms with Gasteiger partial charge in [-0.2, -0.15) is 0 Å². The second kappa shape index (κ2) is 11.2. The molecule has 1 N–H and O–H groups in total. The molecule has 0 bridgehead atoms. The predicted octanol–water partition coefficient (Wildman–Crippen LogP) is 7.13. The summed E-state index contributed by atoms with van der Waals surface area (Å²) in [6, 6.07) is 8.06. The lowest BCUT2D eigenvalue weighted by atomic mass is 9.98. The fourth-order valence-electron chi connectivity index (χ4n) is 3.29. The molecule has 1 amide bonds. The molecular weight excluding hydrogens is 531 g/mol. The van der Waals surface area contributed by atoms with E-state index in [0.29, 0.717) is 16.0 Å². The minimum Gasteiger partial charge on any atom is -0.438 e. The van der Waals surface area contributed by atoms with E-state index in [4.69, 9.17) is 20.9 Å². The molecule has 0 spiro atoms. The lowest BCUT2D eigenvalue weighted by molar-refractivity contribution is -0.159. The van der Waals surface area contributed by atoms with E-state index < -0.39 is 48.7 Å². The quantitative estimate of drug-likeness (QED) is 0.182. The molecule has 0 aliphatic rings. The van der Waals surface area contributed by atoms with Gasteiger partial charge in [-0.05, 0) is 79.1 Å². The molecule has 3 aromatic rings. The van der Waals surface area contributed by atoms with Crippen LogP contribution in [0.25, 0.3) is 16.2 Å². The number of hydrogen-bond donors (Lipinski definition) is 1. The molecule has 11 heteroatoms. The van der Waals surface area contributed by atoms with E-state index in [9.17, 15) is 22.9 Å². The van der Waals surface area contributed by atoms with Crippen molar-refractivity contribution in [3.8, 4) is 0 Å². The predicted molar refractivity (Wildman–Crippen MR) is 138 cm³/mol. The summed E-state index contributed by atoms with van der Waals surface area (Å²) in [4.78, 5) is 25.4. The van der Waals surface area contributed by atoms with Crippen LogP contribution in [-0.2, 0) is 23.4 Å². The molecule has 0 aliphatic carbocycles. The SMILES string of the molecule is CC(C)(C)C(=O)OCOP(C)(=O)C(C(=O)NC=Cc1cc(F)cc(F)c1)c1csc2ccc(Cl)cc12. The van der Waals surface area contributed by atoms with E-state index >= 15 is 0 Å². The van der Waals surface area contributed by atoms with Gasteiger partial charge in [0, 0.05) is 28.7 Å². The number of carbonyl (C=O) groups is 2. The molecule has 6 nitrogen and oxygen atoms in total. The molecule has 1 aromatic heterocycles. The maximum Gasteiger partial charge on any atom is 0.313 e. The number of ether oxygens (including phenoxy) is 1. The number of esters is 1. The highest BCUT2D eigenvalue weighted by Crippen LogP contribution is 2.59. The van der Waals surface area contributed by atoms with Crippen molar-refractivity contribution in [3.05, 3.63) is 75.8 Å². The van der Waals surface area contributed by atoms with Gasteiger partial charge >= 0.3 is 5.97 Å². The van der Waals surface area contributed by atoms with E-state index in [0.717, 1.165) is 22.9 Å². The second-order valence-electron chi connectivity index (χ2n) is 9.12. The lowest BCUT2D eigenvalue weighted by Crippen LogP contribution is -2.27. The van der Waals surface area contributed by atoms with Gasteiger partial charge in [0.25, 0.3) is 0 Å². The molecule has 0 fully saturated rings. The molecule has 192 valence electrons. The first-order valence-electron chi connectivity index (χ1n) is 10.8. The zero-order valence-electron chi connectivity index (χ0n) is 20.0. The van der Waals surface area contributed by atoms with Gasteiger partial charge in [-0.1, -0.05) is 11.6 Å². The van der Waals surface area contributed by atoms with Gasteiger partial charge in [-0.3, -0.25) is 18.7 Å². The molecule has 0 saturated heterocycles. The number of hydrogen-bond acceptors (Lipinski definition) is 6. The third-order valence-electron chi connectivity index (χ3n) is 5.08. The Morgan fingerprint density at radius 1 is 1.17 bits per heavy atom. The van der Waals surface area contributed by atoms with Crippen molar-refractivity contribution in [3.63, 3.8) is 0 Å². The summed E-state index contributed by atoms with van der Waals surface area (Å²) < 4.78 is 52.0. The third kappa shape index (κ3) is 7.01. The van der Waals surface area contributed by atoms with Crippen LogP contribution in [0.5, 0.6) is 0 Å². The molecule has 3 rings (SSSR count). The number of fused-ring (bicyclic) bond motifs is 1. The fraction of sp³-hybridized carbons (Fsp3) is 0.280. The van der Waals surface area contributed by atoms with Crippen molar-refractivity contribution < 1.29 is 32.2 Å². The fourth-order valence-corrected chi connectivity index (χ4v) is 6.16. The van der Waals surface area contributed by atoms with Crippen LogP contribution in [0, 0.1) is 17.0 Å². The van der Waals surface area contributed by atoms with E-state index in [2.05, 4.69) is 5.32 Å². The molecular formula is C25H25ClF2NO5PS. The summed E-state index contributed by atoms with van der Waals surface area (Å²) in [5.74, 6) is -2.77. The molecule has 0 aliphatic heterocycles. The average Bonchev–Trinajstić information content (AvgIpc) is 3.14. The number of rotatable bonds is 8. The topological polar surface area (TPSA) is 81.7 Å². The van der Waals surface area contributed by atoms with Crippen LogP contribution < -0.4 is 5.32 Å². The summed E-state index contributed by atoms with van der Waals surface area (Å²) in [6.45, 7) is 5.66. The third-order valence-corrected chi connectivity index (χ3v) is 8.36. The molecule has 0 radical (unpaired) electrons. The molecule has 2 aromatic carbocycles. The van der Waals surface area contributed by atoms with Gasteiger partial charge < -0.3 is 10.1 Å². The van der Waals surface area contributed by atoms with Crippen molar-refractivity contribution in [2.24, 2.45) is 5.41 Å². The smallest absolute Gasteiger partial charge is 0.313 e. The van der Waals surface area contributed by atoms with Crippen LogP contribution in [0.15, 0.2) is 48.0 Å².